The average molecular weight is 542 g/mol. The molecule has 0 saturated carbocycles. The lowest BCUT2D eigenvalue weighted by Gasteiger charge is -2.12. The van der Waals surface area contributed by atoms with Crippen molar-refractivity contribution in [3.63, 3.8) is 0 Å². The van der Waals surface area contributed by atoms with Crippen LogP contribution < -0.4 is 19.5 Å². The van der Waals surface area contributed by atoms with Gasteiger partial charge in [-0.15, -0.1) is 6.58 Å². The highest BCUT2D eigenvalue weighted by molar-refractivity contribution is 5.94. The van der Waals surface area contributed by atoms with Crippen molar-refractivity contribution in [2.24, 2.45) is 0 Å². The van der Waals surface area contributed by atoms with Crippen molar-refractivity contribution in [3.05, 3.63) is 96.3 Å². The second-order valence-electron chi connectivity index (χ2n) is 9.61. The van der Waals surface area contributed by atoms with Gasteiger partial charge in [0.2, 0.25) is 0 Å². The van der Waals surface area contributed by atoms with Crippen LogP contribution in [0, 0.1) is 0 Å². The van der Waals surface area contributed by atoms with E-state index in [0.717, 1.165) is 73.2 Å². The first-order chi connectivity index (χ1) is 19.6. The van der Waals surface area contributed by atoms with Crippen molar-refractivity contribution in [2.45, 2.75) is 45.1 Å². The van der Waals surface area contributed by atoms with E-state index >= 15 is 0 Å². The van der Waals surface area contributed by atoms with Crippen LogP contribution in [0.2, 0.25) is 0 Å². The summed E-state index contributed by atoms with van der Waals surface area (Å²) in [4.78, 5) is 17.5. The highest BCUT2D eigenvalue weighted by Gasteiger charge is 2.12. The predicted octanol–water partition coefficient (Wildman–Crippen LogP) is 6.39. The minimum Gasteiger partial charge on any atom is -0.493 e. The summed E-state index contributed by atoms with van der Waals surface area (Å²) >= 11 is 0. The van der Waals surface area contributed by atoms with Gasteiger partial charge in [-0.05, 0) is 67.6 Å². The molecule has 3 aromatic carbocycles. The number of hydrogen-bond acceptors (Lipinski definition) is 5. The minimum absolute atomic E-state index is 0.114. The van der Waals surface area contributed by atoms with Crippen molar-refractivity contribution in [2.75, 3.05) is 27.4 Å². The Morgan fingerprint density at radius 2 is 1.73 bits per heavy atom. The van der Waals surface area contributed by atoms with Gasteiger partial charge in [0.05, 0.1) is 31.9 Å². The molecule has 0 saturated heterocycles. The number of rotatable bonds is 16. The minimum atomic E-state index is -0.114. The Bertz CT molecular complexity index is 1410. The maximum absolute atomic E-state index is 12.5. The summed E-state index contributed by atoms with van der Waals surface area (Å²) in [7, 11) is 3.14. The van der Waals surface area contributed by atoms with Crippen molar-refractivity contribution in [3.8, 4) is 17.2 Å². The second-order valence-corrected chi connectivity index (χ2v) is 9.61. The van der Waals surface area contributed by atoms with Crippen molar-refractivity contribution >= 4 is 16.9 Å². The molecule has 1 heterocycles. The SMILES string of the molecule is C=CCc1ccccc1OCCCn1c(CCCCCNC(=O)c2ccc(OC)c(OC)c2)nc2ccccc21. The maximum atomic E-state index is 12.5. The molecule has 0 radical (unpaired) electrons. The number of amides is 1. The van der Waals surface area contributed by atoms with Crippen LogP contribution in [0.3, 0.4) is 0 Å². The third-order valence-corrected chi connectivity index (χ3v) is 6.86. The molecule has 0 aliphatic rings. The Morgan fingerprint density at radius 1 is 0.925 bits per heavy atom. The zero-order valence-corrected chi connectivity index (χ0v) is 23.5. The van der Waals surface area contributed by atoms with E-state index in [9.17, 15) is 4.79 Å². The van der Waals surface area contributed by atoms with Crippen LogP contribution in [0.25, 0.3) is 11.0 Å². The zero-order valence-electron chi connectivity index (χ0n) is 23.5. The Labute approximate surface area is 236 Å². The van der Waals surface area contributed by atoms with E-state index in [0.29, 0.717) is 30.2 Å². The molecule has 0 aliphatic heterocycles. The number of carbonyl (C=O) groups is 1. The number of benzene rings is 3. The third-order valence-electron chi connectivity index (χ3n) is 6.86. The molecule has 1 aromatic heterocycles. The van der Waals surface area contributed by atoms with Crippen LogP contribution in [0.4, 0.5) is 0 Å². The summed E-state index contributed by atoms with van der Waals surface area (Å²) in [6.45, 7) is 5.95. The number of hydrogen-bond donors (Lipinski definition) is 1. The van der Waals surface area contributed by atoms with Crippen LogP contribution in [0.5, 0.6) is 17.2 Å². The largest absolute Gasteiger partial charge is 0.493 e. The van der Waals surface area contributed by atoms with E-state index in [4.69, 9.17) is 19.2 Å². The number of nitrogens with zero attached hydrogens (tertiary/aromatic N) is 2. The zero-order chi connectivity index (χ0) is 28.2. The van der Waals surface area contributed by atoms with E-state index in [1.807, 2.05) is 30.3 Å². The fourth-order valence-electron chi connectivity index (χ4n) is 4.81. The number of aromatic nitrogens is 2. The van der Waals surface area contributed by atoms with Gasteiger partial charge in [-0.2, -0.15) is 0 Å². The number of carbonyl (C=O) groups excluding carboxylic acids is 1. The number of imidazole rings is 1. The molecule has 7 heteroatoms. The number of para-hydroxylation sites is 3. The lowest BCUT2D eigenvalue weighted by molar-refractivity contribution is 0.0952. The van der Waals surface area contributed by atoms with E-state index in [1.165, 1.54) is 0 Å². The molecule has 210 valence electrons. The Balaban J connectivity index is 1.25. The molecule has 1 amide bonds. The number of allylic oxidation sites excluding steroid dienone is 1. The fourth-order valence-corrected chi connectivity index (χ4v) is 4.81. The number of aryl methyl sites for hydroxylation is 2. The van der Waals surface area contributed by atoms with E-state index in [2.05, 4.69) is 40.7 Å². The van der Waals surface area contributed by atoms with Crippen LogP contribution >= 0.6 is 0 Å². The predicted molar refractivity (Wildman–Crippen MR) is 160 cm³/mol. The van der Waals surface area contributed by atoms with Crippen LogP contribution in [0.1, 0.15) is 47.4 Å². The number of ether oxygens (including phenoxy) is 3. The molecule has 40 heavy (non-hydrogen) atoms. The molecule has 4 rings (SSSR count). The van der Waals surface area contributed by atoms with Gasteiger partial charge < -0.3 is 24.1 Å². The van der Waals surface area contributed by atoms with Crippen molar-refractivity contribution in [1.29, 1.82) is 0 Å². The van der Waals surface area contributed by atoms with Crippen LogP contribution in [0.15, 0.2) is 79.4 Å². The molecule has 0 spiro atoms. The molecule has 0 aliphatic carbocycles. The second kappa shape index (κ2) is 14.8. The maximum Gasteiger partial charge on any atom is 0.251 e. The number of unbranched alkanes of at least 4 members (excludes halogenated alkanes) is 2. The van der Waals surface area contributed by atoms with Gasteiger partial charge in [0.15, 0.2) is 11.5 Å². The number of nitrogens with one attached hydrogen (secondary N) is 1. The third kappa shape index (κ3) is 7.44. The van der Waals surface area contributed by atoms with E-state index in [-0.39, 0.29) is 5.91 Å². The summed E-state index contributed by atoms with van der Waals surface area (Å²) in [6, 6.07) is 21.6. The van der Waals surface area contributed by atoms with Crippen LogP contribution in [-0.4, -0.2) is 42.8 Å². The summed E-state index contributed by atoms with van der Waals surface area (Å²) < 4.78 is 19.0. The van der Waals surface area contributed by atoms with E-state index in [1.54, 1.807) is 32.4 Å². The molecule has 1 N–H and O–H groups in total. The van der Waals surface area contributed by atoms with Gasteiger partial charge in [-0.25, -0.2) is 4.98 Å². The lowest BCUT2D eigenvalue weighted by Crippen LogP contribution is -2.24. The normalized spacial score (nSPS) is 10.8. The van der Waals surface area contributed by atoms with Gasteiger partial charge in [0.1, 0.15) is 11.6 Å². The summed E-state index contributed by atoms with van der Waals surface area (Å²) in [5.41, 5.74) is 3.90. The summed E-state index contributed by atoms with van der Waals surface area (Å²) in [5, 5.41) is 3.00. The summed E-state index contributed by atoms with van der Waals surface area (Å²) in [6.07, 6.45) is 7.38. The van der Waals surface area contributed by atoms with Crippen molar-refractivity contribution in [1.82, 2.24) is 14.9 Å². The highest BCUT2D eigenvalue weighted by Crippen LogP contribution is 2.27. The first-order valence-corrected chi connectivity index (χ1v) is 13.9. The Hall–Kier alpha value is -4.26. The average Bonchev–Trinajstić information content (AvgIpc) is 3.34. The summed E-state index contributed by atoms with van der Waals surface area (Å²) in [5.74, 6) is 3.06. The molecule has 7 nitrogen and oxygen atoms in total. The van der Waals surface area contributed by atoms with Gasteiger partial charge in [-0.3, -0.25) is 4.79 Å². The number of fused-ring (bicyclic) bond motifs is 1. The van der Waals surface area contributed by atoms with Crippen LogP contribution in [-0.2, 0) is 19.4 Å². The fraction of sp³-hybridized carbons (Fsp3) is 0.333. The molecule has 0 unspecified atom stereocenters. The molecule has 4 aromatic rings. The molecule has 0 fully saturated rings. The molecule has 0 atom stereocenters. The smallest absolute Gasteiger partial charge is 0.251 e. The quantitative estimate of drug-likeness (QED) is 0.131. The van der Waals surface area contributed by atoms with Gasteiger partial charge in [0.25, 0.3) is 5.91 Å². The lowest BCUT2D eigenvalue weighted by atomic mass is 10.1. The van der Waals surface area contributed by atoms with Crippen molar-refractivity contribution < 1.29 is 19.0 Å². The highest BCUT2D eigenvalue weighted by atomic mass is 16.5. The van der Waals surface area contributed by atoms with Gasteiger partial charge >= 0.3 is 0 Å². The first-order valence-electron chi connectivity index (χ1n) is 13.9. The Kier molecular flexibility index (Phi) is 10.6. The molecule has 0 bridgehead atoms. The van der Waals surface area contributed by atoms with Gasteiger partial charge in [-0.1, -0.05) is 42.8 Å². The topological polar surface area (TPSA) is 74.6 Å². The number of methoxy groups -OCH3 is 2. The van der Waals surface area contributed by atoms with Gasteiger partial charge in [0, 0.05) is 25.1 Å². The molecular formula is C33H39N3O4. The molecular weight excluding hydrogens is 502 g/mol. The Morgan fingerprint density at radius 3 is 2.55 bits per heavy atom. The van der Waals surface area contributed by atoms with E-state index < -0.39 is 0 Å². The standard InChI is InChI=1S/C33H39N3O4/c1-4-13-25-14-7-10-17-29(25)40-23-12-22-36-28-16-9-8-15-27(28)35-32(36)18-6-5-11-21-34-33(37)26-19-20-30(38-2)31(24-26)39-3/h4,7-10,14-17,19-20,24H,1,5-6,11-13,18,21-23H2,2-3H3,(H,34,37). The first kappa shape index (κ1) is 28.7. The monoisotopic (exact) mass is 541 g/mol.